The Morgan fingerprint density at radius 3 is 2.53 bits per heavy atom. The molecule has 1 amide bonds. The Labute approximate surface area is 180 Å². The highest BCUT2D eigenvalue weighted by Gasteiger charge is 2.35. The van der Waals surface area contributed by atoms with Gasteiger partial charge in [-0.3, -0.25) is 10.2 Å². The van der Waals surface area contributed by atoms with Gasteiger partial charge in [0.25, 0.3) is 5.91 Å². The van der Waals surface area contributed by atoms with E-state index in [1.165, 1.54) is 27.9 Å². The zero-order valence-corrected chi connectivity index (χ0v) is 18.7. The van der Waals surface area contributed by atoms with Crippen LogP contribution in [0.4, 0.5) is 0 Å². The maximum atomic E-state index is 12.7. The zero-order chi connectivity index (χ0) is 21.6. The van der Waals surface area contributed by atoms with Gasteiger partial charge in [-0.1, -0.05) is 25.1 Å². The molecule has 0 saturated carbocycles. The summed E-state index contributed by atoms with van der Waals surface area (Å²) in [4.78, 5) is 16.9. The molecule has 2 aromatic rings. The number of fused-ring (bicyclic) bond motifs is 1. The van der Waals surface area contributed by atoms with Crippen molar-refractivity contribution in [3.05, 3.63) is 57.9 Å². The van der Waals surface area contributed by atoms with Crippen LogP contribution in [-0.2, 0) is 4.79 Å². The Morgan fingerprint density at radius 2 is 1.87 bits per heavy atom. The Bertz CT molecular complexity index is 1150. The van der Waals surface area contributed by atoms with Crippen molar-refractivity contribution < 1.29 is 4.79 Å². The summed E-state index contributed by atoms with van der Waals surface area (Å²) in [7, 11) is 0. The molecule has 0 radical (unpaired) electrons. The highest BCUT2D eigenvalue weighted by atomic mass is 32.2. The molecule has 0 spiro atoms. The van der Waals surface area contributed by atoms with Crippen molar-refractivity contribution in [2.45, 2.75) is 47.5 Å². The SMILES string of the molecule is CCCC1=NN2C(=N)/C(=C/c3cc(C)n(-c4c(C)cccc4C)c3C)C(=O)N=C2S1. The molecule has 4 rings (SSSR count). The summed E-state index contributed by atoms with van der Waals surface area (Å²) in [6.45, 7) is 10.4. The maximum absolute atomic E-state index is 12.7. The molecule has 1 aromatic carbocycles. The minimum absolute atomic E-state index is 0.0838. The monoisotopic (exact) mass is 419 g/mol. The number of carbonyl (C=O) groups is 1. The van der Waals surface area contributed by atoms with Crippen LogP contribution in [0.1, 0.15) is 47.8 Å². The quantitative estimate of drug-likeness (QED) is 0.698. The lowest BCUT2D eigenvalue weighted by Crippen LogP contribution is -2.35. The minimum atomic E-state index is -0.386. The predicted molar refractivity (Wildman–Crippen MR) is 125 cm³/mol. The molecule has 0 fully saturated rings. The molecular weight excluding hydrogens is 394 g/mol. The minimum Gasteiger partial charge on any atom is -0.317 e. The molecule has 0 bridgehead atoms. The smallest absolute Gasteiger partial charge is 0.283 e. The number of nitrogens with one attached hydrogen (secondary N) is 1. The van der Waals surface area contributed by atoms with Crippen LogP contribution in [0.25, 0.3) is 11.8 Å². The van der Waals surface area contributed by atoms with Crippen LogP contribution in [0, 0.1) is 33.1 Å². The van der Waals surface area contributed by atoms with Gasteiger partial charge in [-0.15, -0.1) is 0 Å². The van der Waals surface area contributed by atoms with Crippen LogP contribution in [0.2, 0.25) is 0 Å². The number of aromatic nitrogens is 1. The molecule has 3 heterocycles. The third-order valence-corrected chi connectivity index (χ3v) is 6.36. The molecule has 6 nitrogen and oxygen atoms in total. The van der Waals surface area contributed by atoms with Crippen molar-refractivity contribution in [1.29, 1.82) is 5.41 Å². The lowest BCUT2D eigenvalue weighted by Gasteiger charge is -2.20. The van der Waals surface area contributed by atoms with Gasteiger partial charge in [-0.2, -0.15) is 15.1 Å². The number of benzene rings is 1. The van der Waals surface area contributed by atoms with E-state index in [2.05, 4.69) is 66.6 Å². The van der Waals surface area contributed by atoms with Gasteiger partial charge in [0, 0.05) is 11.4 Å². The first kappa shape index (κ1) is 20.3. The largest absolute Gasteiger partial charge is 0.317 e. The van der Waals surface area contributed by atoms with Gasteiger partial charge in [0.2, 0.25) is 5.17 Å². The van der Waals surface area contributed by atoms with E-state index >= 15 is 0 Å². The first-order chi connectivity index (χ1) is 14.3. The van der Waals surface area contributed by atoms with Gasteiger partial charge in [0.15, 0.2) is 5.84 Å². The molecule has 7 heteroatoms. The molecule has 1 N–H and O–H groups in total. The average Bonchev–Trinajstić information content (AvgIpc) is 3.20. The first-order valence-corrected chi connectivity index (χ1v) is 10.9. The van der Waals surface area contributed by atoms with E-state index in [1.807, 2.05) is 6.92 Å². The molecule has 0 unspecified atom stereocenters. The van der Waals surface area contributed by atoms with Crippen molar-refractivity contribution >= 4 is 39.8 Å². The topological polar surface area (TPSA) is 73.8 Å². The normalized spacial score (nSPS) is 17.5. The van der Waals surface area contributed by atoms with Gasteiger partial charge in [0.1, 0.15) is 5.04 Å². The average molecular weight is 420 g/mol. The Hall–Kier alpha value is -2.93. The van der Waals surface area contributed by atoms with Crippen molar-refractivity contribution in [3.8, 4) is 5.69 Å². The van der Waals surface area contributed by atoms with Crippen LogP contribution in [0.3, 0.4) is 0 Å². The van der Waals surface area contributed by atoms with Gasteiger partial charge in [-0.25, -0.2) is 0 Å². The van der Waals surface area contributed by atoms with E-state index in [4.69, 9.17) is 5.41 Å². The number of carbonyl (C=O) groups excluding carboxylic acids is 1. The molecule has 2 aliphatic heterocycles. The fourth-order valence-electron chi connectivity index (χ4n) is 3.94. The predicted octanol–water partition coefficient (Wildman–Crippen LogP) is 5.13. The second-order valence-electron chi connectivity index (χ2n) is 7.67. The molecule has 154 valence electrons. The second-order valence-corrected chi connectivity index (χ2v) is 8.71. The molecule has 2 aliphatic rings. The number of nitrogens with zero attached hydrogens (tertiary/aromatic N) is 4. The Balaban J connectivity index is 1.77. The van der Waals surface area contributed by atoms with E-state index in [0.717, 1.165) is 40.5 Å². The summed E-state index contributed by atoms with van der Waals surface area (Å²) in [6.07, 6.45) is 3.55. The lowest BCUT2D eigenvalue weighted by atomic mass is 10.1. The molecular formula is C23H25N5OS. The third-order valence-electron chi connectivity index (χ3n) is 5.39. The number of thioether (sulfide) groups is 1. The van der Waals surface area contributed by atoms with Crippen LogP contribution in [0.5, 0.6) is 0 Å². The van der Waals surface area contributed by atoms with Crippen molar-refractivity contribution in [1.82, 2.24) is 9.58 Å². The zero-order valence-electron chi connectivity index (χ0n) is 17.9. The third kappa shape index (κ3) is 3.33. The van der Waals surface area contributed by atoms with Crippen molar-refractivity contribution in [2.24, 2.45) is 10.1 Å². The Kier molecular flexibility index (Phi) is 5.24. The summed E-state index contributed by atoms with van der Waals surface area (Å²) in [5.41, 5.74) is 6.83. The van der Waals surface area contributed by atoms with E-state index in [1.54, 1.807) is 6.08 Å². The summed E-state index contributed by atoms with van der Waals surface area (Å²) >= 11 is 1.38. The number of amides is 1. The summed E-state index contributed by atoms with van der Waals surface area (Å²) in [5.74, 6) is -0.302. The number of hydrogen-bond acceptors (Lipinski definition) is 4. The van der Waals surface area contributed by atoms with Crippen molar-refractivity contribution in [3.63, 3.8) is 0 Å². The fourth-order valence-corrected chi connectivity index (χ4v) is 4.92. The number of para-hydroxylation sites is 1. The molecule has 0 saturated heterocycles. The van der Waals surface area contributed by atoms with Crippen LogP contribution < -0.4 is 0 Å². The number of hydrazone groups is 1. The van der Waals surface area contributed by atoms with E-state index in [-0.39, 0.29) is 17.3 Å². The van der Waals surface area contributed by atoms with E-state index in [9.17, 15) is 4.79 Å². The van der Waals surface area contributed by atoms with Crippen LogP contribution >= 0.6 is 11.8 Å². The van der Waals surface area contributed by atoms with Crippen molar-refractivity contribution in [2.75, 3.05) is 0 Å². The maximum Gasteiger partial charge on any atom is 0.283 e. The molecule has 0 atom stereocenters. The number of amidine groups is 2. The van der Waals surface area contributed by atoms with Crippen LogP contribution in [-0.4, -0.2) is 31.5 Å². The Morgan fingerprint density at radius 1 is 1.17 bits per heavy atom. The van der Waals surface area contributed by atoms with E-state index < -0.39 is 0 Å². The second kappa shape index (κ2) is 7.72. The van der Waals surface area contributed by atoms with Gasteiger partial charge < -0.3 is 4.57 Å². The molecule has 0 aliphatic carbocycles. The number of hydrogen-bond donors (Lipinski definition) is 1. The van der Waals surface area contributed by atoms with Gasteiger partial charge in [0.05, 0.1) is 11.3 Å². The lowest BCUT2D eigenvalue weighted by molar-refractivity contribution is -0.114. The summed E-state index contributed by atoms with van der Waals surface area (Å²) in [5, 5.41) is 15.9. The summed E-state index contributed by atoms with van der Waals surface area (Å²) < 4.78 is 2.21. The fraction of sp³-hybridized carbons (Fsp3) is 0.304. The standard InChI is InChI=1S/C23H25N5OS/c1-6-8-19-26-28-21(24)18(22(29)25-23(28)30-19)12-17-11-15(4)27(16(17)5)20-13(2)9-7-10-14(20)3/h7,9-12,24H,6,8H2,1-5H3/b18-12-,24-21?. The van der Waals surface area contributed by atoms with E-state index in [0.29, 0.717) is 5.17 Å². The molecule has 1 aromatic heterocycles. The highest BCUT2D eigenvalue weighted by molar-refractivity contribution is 8.26. The summed E-state index contributed by atoms with van der Waals surface area (Å²) in [6, 6.07) is 8.32. The van der Waals surface area contributed by atoms with Crippen LogP contribution in [0.15, 0.2) is 39.9 Å². The first-order valence-electron chi connectivity index (χ1n) is 10.1. The number of rotatable bonds is 4. The highest BCUT2D eigenvalue weighted by Crippen LogP contribution is 2.31. The number of aryl methyl sites for hydroxylation is 3. The number of aliphatic imine (C=N–C) groups is 1. The molecule has 30 heavy (non-hydrogen) atoms. The van der Waals surface area contributed by atoms with Gasteiger partial charge >= 0.3 is 0 Å². The van der Waals surface area contributed by atoms with Gasteiger partial charge in [-0.05, 0) is 81.1 Å².